The zero-order valence-corrected chi connectivity index (χ0v) is 18.7. The minimum Gasteiger partial charge on any atom is -0.376 e. The van der Waals surface area contributed by atoms with Crippen LogP contribution in [0.5, 0.6) is 0 Å². The molecule has 31 heavy (non-hydrogen) atoms. The van der Waals surface area contributed by atoms with Crippen LogP contribution in [0.25, 0.3) is 0 Å². The number of piperidine rings is 1. The maximum atomic E-state index is 12.6. The Kier molecular flexibility index (Phi) is 7.81. The molecular weight excluding hydrogens is 392 g/mol. The molecule has 3 heterocycles. The fraction of sp³-hybridized carbons (Fsp3) is 0.667. The third-order valence-corrected chi connectivity index (χ3v) is 6.54. The Balaban J connectivity index is 1.11. The number of ether oxygens (including phenoxy) is 2. The van der Waals surface area contributed by atoms with Crippen molar-refractivity contribution in [3.05, 3.63) is 35.4 Å². The Morgan fingerprint density at radius 3 is 2.55 bits per heavy atom. The van der Waals surface area contributed by atoms with Crippen molar-refractivity contribution >= 4 is 11.9 Å². The first kappa shape index (κ1) is 22.1. The highest BCUT2D eigenvalue weighted by Gasteiger charge is 2.25. The number of fused-ring (bicyclic) bond motifs is 1. The molecule has 0 saturated carbocycles. The molecule has 2 saturated heterocycles. The summed E-state index contributed by atoms with van der Waals surface area (Å²) in [6.07, 6.45) is 6.31. The lowest BCUT2D eigenvalue weighted by Crippen LogP contribution is -2.47. The van der Waals surface area contributed by atoms with Crippen LogP contribution in [0.15, 0.2) is 29.3 Å². The minimum absolute atomic E-state index is 0.234. The monoisotopic (exact) mass is 428 g/mol. The SMILES string of the molecule is CN=C(NCCCC(=O)N1Cc2ccccc2C1)N1CCC(OCC2CCCO2)CC1. The molecule has 3 aliphatic heterocycles. The maximum absolute atomic E-state index is 12.6. The highest BCUT2D eigenvalue weighted by Crippen LogP contribution is 2.23. The van der Waals surface area contributed by atoms with Crippen molar-refractivity contribution in [1.29, 1.82) is 0 Å². The van der Waals surface area contributed by atoms with Gasteiger partial charge in [0.05, 0.1) is 18.8 Å². The van der Waals surface area contributed by atoms with Crippen LogP contribution >= 0.6 is 0 Å². The summed E-state index contributed by atoms with van der Waals surface area (Å²) in [5.41, 5.74) is 2.55. The number of aliphatic imine (C=N–C) groups is 1. The van der Waals surface area contributed by atoms with Crippen LogP contribution < -0.4 is 5.32 Å². The van der Waals surface area contributed by atoms with Crippen LogP contribution in [0.4, 0.5) is 0 Å². The lowest BCUT2D eigenvalue weighted by atomic mass is 10.1. The van der Waals surface area contributed by atoms with Crippen molar-refractivity contribution in [3.8, 4) is 0 Å². The van der Waals surface area contributed by atoms with Gasteiger partial charge in [-0.2, -0.15) is 0 Å². The van der Waals surface area contributed by atoms with Crippen LogP contribution in [0.1, 0.15) is 49.7 Å². The number of likely N-dealkylation sites (tertiary alicyclic amines) is 1. The topological polar surface area (TPSA) is 66.4 Å². The van der Waals surface area contributed by atoms with E-state index in [2.05, 4.69) is 27.3 Å². The summed E-state index contributed by atoms with van der Waals surface area (Å²) < 4.78 is 11.7. The standard InChI is InChI=1S/C24H36N4O3/c1-25-24(27-13-10-21(11-14-27)31-18-22-8-5-15-30-22)26-12-4-9-23(29)28-16-19-6-2-3-7-20(19)17-28/h2-3,6-7,21-22H,4-5,8-18H2,1H3,(H,25,26). The number of carbonyl (C=O) groups is 1. The first-order chi connectivity index (χ1) is 15.2. The Hall–Kier alpha value is -2.12. The van der Waals surface area contributed by atoms with Gasteiger partial charge in [-0.3, -0.25) is 9.79 Å². The second-order valence-corrected chi connectivity index (χ2v) is 8.75. The summed E-state index contributed by atoms with van der Waals surface area (Å²) in [5.74, 6) is 1.16. The number of rotatable bonds is 7. The lowest BCUT2D eigenvalue weighted by molar-refractivity contribution is -0.131. The number of carbonyl (C=O) groups excluding carboxylic acids is 1. The first-order valence-corrected chi connectivity index (χ1v) is 11.8. The summed E-state index contributed by atoms with van der Waals surface area (Å²) in [4.78, 5) is 21.3. The molecule has 170 valence electrons. The highest BCUT2D eigenvalue weighted by molar-refractivity contribution is 5.80. The van der Waals surface area contributed by atoms with Gasteiger partial charge in [-0.25, -0.2) is 0 Å². The van der Waals surface area contributed by atoms with E-state index in [0.717, 1.165) is 84.0 Å². The number of hydrogen-bond acceptors (Lipinski definition) is 4. The molecule has 1 aromatic rings. The molecule has 0 spiro atoms. The molecule has 7 heteroatoms. The van der Waals surface area contributed by atoms with E-state index in [1.54, 1.807) is 0 Å². The third kappa shape index (κ3) is 5.98. The van der Waals surface area contributed by atoms with Crippen LogP contribution in [-0.4, -0.2) is 73.8 Å². The number of amides is 1. The number of nitrogens with zero attached hydrogens (tertiary/aromatic N) is 3. The second kappa shape index (κ2) is 11.0. The predicted molar refractivity (Wildman–Crippen MR) is 121 cm³/mol. The van der Waals surface area contributed by atoms with E-state index in [4.69, 9.17) is 9.47 Å². The molecule has 0 aliphatic carbocycles. The molecule has 0 aromatic heterocycles. The molecule has 2 fully saturated rings. The van der Waals surface area contributed by atoms with E-state index in [-0.39, 0.29) is 5.91 Å². The van der Waals surface area contributed by atoms with Gasteiger partial charge in [0.2, 0.25) is 5.91 Å². The smallest absolute Gasteiger partial charge is 0.223 e. The Bertz CT molecular complexity index is 730. The van der Waals surface area contributed by atoms with E-state index < -0.39 is 0 Å². The molecule has 4 rings (SSSR count). The van der Waals surface area contributed by atoms with Gasteiger partial charge in [0, 0.05) is 52.8 Å². The van der Waals surface area contributed by atoms with Crippen molar-refractivity contribution in [3.63, 3.8) is 0 Å². The Morgan fingerprint density at radius 1 is 1.16 bits per heavy atom. The number of hydrogen-bond donors (Lipinski definition) is 1. The van der Waals surface area contributed by atoms with Gasteiger partial charge >= 0.3 is 0 Å². The largest absolute Gasteiger partial charge is 0.376 e. The highest BCUT2D eigenvalue weighted by atomic mass is 16.5. The van der Waals surface area contributed by atoms with Gasteiger partial charge in [0.15, 0.2) is 5.96 Å². The average molecular weight is 429 g/mol. The Morgan fingerprint density at radius 2 is 1.90 bits per heavy atom. The number of nitrogens with one attached hydrogen (secondary N) is 1. The molecule has 1 atom stereocenters. The molecular formula is C24H36N4O3. The van der Waals surface area contributed by atoms with E-state index in [1.807, 2.05) is 24.1 Å². The third-order valence-electron chi connectivity index (χ3n) is 6.54. The maximum Gasteiger partial charge on any atom is 0.223 e. The van der Waals surface area contributed by atoms with E-state index in [0.29, 0.717) is 18.6 Å². The van der Waals surface area contributed by atoms with Crippen LogP contribution in [0.3, 0.4) is 0 Å². The predicted octanol–water partition coefficient (Wildman–Crippen LogP) is 2.54. The summed E-state index contributed by atoms with van der Waals surface area (Å²) in [6.45, 7) is 5.75. The van der Waals surface area contributed by atoms with Gasteiger partial charge in [-0.05, 0) is 43.2 Å². The molecule has 1 N–H and O–H groups in total. The number of benzene rings is 1. The first-order valence-electron chi connectivity index (χ1n) is 11.8. The zero-order chi connectivity index (χ0) is 21.5. The summed E-state index contributed by atoms with van der Waals surface area (Å²) in [5, 5.41) is 3.44. The minimum atomic E-state index is 0.234. The zero-order valence-electron chi connectivity index (χ0n) is 18.7. The summed E-state index contributed by atoms with van der Waals surface area (Å²) >= 11 is 0. The molecule has 0 bridgehead atoms. The van der Waals surface area contributed by atoms with Crippen LogP contribution in [-0.2, 0) is 27.4 Å². The summed E-state index contributed by atoms with van der Waals surface area (Å²) in [6, 6.07) is 8.32. The van der Waals surface area contributed by atoms with Crippen LogP contribution in [0, 0.1) is 0 Å². The van der Waals surface area contributed by atoms with Crippen LogP contribution in [0.2, 0.25) is 0 Å². The fourth-order valence-electron chi connectivity index (χ4n) is 4.69. The quantitative estimate of drug-likeness (QED) is 0.411. The summed E-state index contributed by atoms with van der Waals surface area (Å²) in [7, 11) is 1.83. The lowest BCUT2D eigenvalue weighted by Gasteiger charge is -2.34. The van der Waals surface area contributed by atoms with Crippen molar-refractivity contribution in [2.45, 2.75) is 63.8 Å². The molecule has 3 aliphatic rings. The molecule has 0 radical (unpaired) electrons. The molecule has 1 aromatic carbocycles. The van der Waals surface area contributed by atoms with E-state index in [9.17, 15) is 4.79 Å². The van der Waals surface area contributed by atoms with Crippen molar-refractivity contribution in [1.82, 2.24) is 15.1 Å². The van der Waals surface area contributed by atoms with Crippen molar-refractivity contribution < 1.29 is 14.3 Å². The fourth-order valence-corrected chi connectivity index (χ4v) is 4.69. The van der Waals surface area contributed by atoms with E-state index >= 15 is 0 Å². The van der Waals surface area contributed by atoms with Gasteiger partial charge in [-0.15, -0.1) is 0 Å². The van der Waals surface area contributed by atoms with Crippen molar-refractivity contribution in [2.24, 2.45) is 4.99 Å². The molecule has 1 amide bonds. The van der Waals surface area contributed by atoms with Gasteiger partial charge < -0.3 is 24.6 Å². The molecule has 7 nitrogen and oxygen atoms in total. The second-order valence-electron chi connectivity index (χ2n) is 8.75. The Labute approximate surface area is 185 Å². The van der Waals surface area contributed by atoms with Gasteiger partial charge in [-0.1, -0.05) is 24.3 Å². The van der Waals surface area contributed by atoms with E-state index in [1.165, 1.54) is 11.1 Å². The molecule has 1 unspecified atom stereocenters. The average Bonchev–Trinajstić information content (AvgIpc) is 3.48. The normalized spacial score (nSPS) is 22.1. The van der Waals surface area contributed by atoms with Crippen molar-refractivity contribution in [2.75, 3.05) is 39.9 Å². The van der Waals surface area contributed by atoms with Gasteiger partial charge in [0.25, 0.3) is 0 Å². The van der Waals surface area contributed by atoms with Gasteiger partial charge in [0.1, 0.15) is 0 Å². The number of guanidine groups is 1.